The van der Waals surface area contributed by atoms with Crippen LogP contribution >= 0.6 is 23.1 Å². The third kappa shape index (κ3) is 5.41. The predicted molar refractivity (Wildman–Crippen MR) is 93.2 cm³/mol. The standard InChI is InChI=1S/C16H23N3S2/c1-16(2,3)17-11-5-6-14-18-19-15(21-14)12-7-9-13(20-4)10-8-12/h7-10,17H,5-6,11H2,1-4H3. The largest absolute Gasteiger partial charge is 0.312 e. The quantitative estimate of drug-likeness (QED) is 0.637. The van der Waals surface area contributed by atoms with E-state index < -0.39 is 0 Å². The number of benzene rings is 1. The van der Waals surface area contributed by atoms with Crippen LogP contribution in [0.15, 0.2) is 29.2 Å². The number of hydrogen-bond acceptors (Lipinski definition) is 5. The van der Waals surface area contributed by atoms with E-state index in [1.165, 1.54) is 4.90 Å². The highest BCUT2D eigenvalue weighted by Crippen LogP contribution is 2.26. The summed E-state index contributed by atoms with van der Waals surface area (Å²) < 4.78 is 0. The van der Waals surface area contributed by atoms with E-state index in [1.807, 2.05) is 0 Å². The monoisotopic (exact) mass is 321 g/mol. The molecule has 0 atom stereocenters. The van der Waals surface area contributed by atoms with E-state index in [9.17, 15) is 0 Å². The molecule has 0 aliphatic heterocycles. The SMILES string of the molecule is CSc1ccc(-c2nnc(CCCNC(C)(C)C)s2)cc1. The van der Waals surface area contributed by atoms with Crippen LogP contribution in [0.1, 0.15) is 32.2 Å². The van der Waals surface area contributed by atoms with Gasteiger partial charge in [0.25, 0.3) is 0 Å². The van der Waals surface area contributed by atoms with Crippen molar-refractivity contribution in [3.63, 3.8) is 0 Å². The molecule has 5 heteroatoms. The zero-order chi connectivity index (χ0) is 15.3. The molecule has 114 valence electrons. The smallest absolute Gasteiger partial charge is 0.147 e. The predicted octanol–water partition coefficient (Wildman–Crippen LogP) is 4.25. The Kier molecular flexibility index (Phi) is 5.79. The zero-order valence-corrected chi connectivity index (χ0v) is 14.8. The number of aryl methyl sites for hydroxylation is 1. The maximum absolute atomic E-state index is 4.31. The fourth-order valence-corrected chi connectivity index (χ4v) is 3.20. The van der Waals surface area contributed by atoms with Crippen LogP contribution in [0.3, 0.4) is 0 Å². The number of nitrogens with zero attached hydrogens (tertiary/aromatic N) is 2. The fraction of sp³-hybridized carbons (Fsp3) is 0.500. The van der Waals surface area contributed by atoms with Gasteiger partial charge in [-0.1, -0.05) is 23.5 Å². The minimum atomic E-state index is 0.186. The van der Waals surface area contributed by atoms with Gasteiger partial charge in [-0.2, -0.15) is 0 Å². The van der Waals surface area contributed by atoms with Crippen molar-refractivity contribution in [2.24, 2.45) is 0 Å². The van der Waals surface area contributed by atoms with Crippen LogP contribution < -0.4 is 5.32 Å². The third-order valence-electron chi connectivity index (χ3n) is 3.03. The van der Waals surface area contributed by atoms with Crippen LogP contribution in [0, 0.1) is 0 Å². The lowest BCUT2D eigenvalue weighted by Gasteiger charge is -2.20. The van der Waals surface area contributed by atoms with E-state index in [1.54, 1.807) is 23.1 Å². The Labute approximate surface area is 135 Å². The summed E-state index contributed by atoms with van der Waals surface area (Å²) in [6.45, 7) is 7.58. The summed E-state index contributed by atoms with van der Waals surface area (Å²) in [6.07, 6.45) is 4.17. The molecule has 1 aromatic heterocycles. The molecule has 1 aromatic carbocycles. The molecule has 0 fully saturated rings. The summed E-state index contributed by atoms with van der Waals surface area (Å²) in [6, 6.07) is 8.51. The van der Waals surface area contributed by atoms with Crippen LogP contribution in [-0.2, 0) is 6.42 Å². The topological polar surface area (TPSA) is 37.8 Å². The van der Waals surface area contributed by atoms with Crippen molar-refractivity contribution in [2.75, 3.05) is 12.8 Å². The molecule has 21 heavy (non-hydrogen) atoms. The van der Waals surface area contributed by atoms with Gasteiger partial charge in [0.2, 0.25) is 0 Å². The van der Waals surface area contributed by atoms with Crippen LogP contribution in [0.2, 0.25) is 0 Å². The Bertz CT molecular complexity index is 556. The Morgan fingerprint density at radius 3 is 2.48 bits per heavy atom. The number of rotatable bonds is 6. The molecule has 0 aliphatic carbocycles. The maximum atomic E-state index is 4.31. The molecule has 0 unspecified atom stereocenters. The highest BCUT2D eigenvalue weighted by Gasteiger charge is 2.09. The van der Waals surface area contributed by atoms with Gasteiger partial charge in [0.05, 0.1) is 0 Å². The van der Waals surface area contributed by atoms with Gasteiger partial charge < -0.3 is 5.32 Å². The average molecular weight is 322 g/mol. The van der Waals surface area contributed by atoms with Gasteiger partial charge in [-0.15, -0.1) is 22.0 Å². The van der Waals surface area contributed by atoms with Crippen molar-refractivity contribution in [1.82, 2.24) is 15.5 Å². The molecule has 2 aromatic rings. The van der Waals surface area contributed by atoms with Gasteiger partial charge in [0.15, 0.2) is 0 Å². The molecule has 0 amide bonds. The Hall–Kier alpha value is -0.910. The van der Waals surface area contributed by atoms with Gasteiger partial charge in [-0.3, -0.25) is 0 Å². The average Bonchev–Trinajstić information content (AvgIpc) is 2.91. The van der Waals surface area contributed by atoms with Gasteiger partial charge in [0, 0.05) is 22.4 Å². The van der Waals surface area contributed by atoms with Gasteiger partial charge in [-0.25, -0.2) is 0 Å². The molecule has 0 aliphatic rings. The number of aromatic nitrogens is 2. The Balaban J connectivity index is 1.88. The van der Waals surface area contributed by atoms with E-state index in [0.717, 1.165) is 35.0 Å². The van der Waals surface area contributed by atoms with Crippen LogP contribution in [0.5, 0.6) is 0 Å². The van der Waals surface area contributed by atoms with Gasteiger partial charge >= 0.3 is 0 Å². The van der Waals surface area contributed by atoms with Gasteiger partial charge in [0.1, 0.15) is 10.0 Å². The lowest BCUT2D eigenvalue weighted by Crippen LogP contribution is -2.36. The summed E-state index contributed by atoms with van der Waals surface area (Å²) in [4.78, 5) is 1.27. The first-order valence-electron chi connectivity index (χ1n) is 7.20. The molecule has 1 heterocycles. The summed E-state index contributed by atoms with van der Waals surface area (Å²) in [5.74, 6) is 0. The van der Waals surface area contributed by atoms with Crippen molar-refractivity contribution in [3.8, 4) is 10.6 Å². The molecular weight excluding hydrogens is 298 g/mol. The first kappa shape index (κ1) is 16.5. The maximum Gasteiger partial charge on any atom is 0.147 e. The van der Waals surface area contributed by atoms with E-state index >= 15 is 0 Å². The highest BCUT2D eigenvalue weighted by atomic mass is 32.2. The lowest BCUT2D eigenvalue weighted by molar-refractivity contribution is 0.422. The molecule has 0 saturated heterocycles. The molecule has 0 spiro atoms. The second-order valence-electron chi connectivity index (χ2n) is 6.01. The van der Waals surface area contributed by atoms with Crippen molar-refractivity contribution in [1.29, 1.82) is 0 Å². The summed E-state index contributed by atoms with van der Waals surface area (Å²) in [7, 11) is 0. The fourth-order valence-electron chi connectivity index (χ4n) is 1.91. The van der Waals surface area contributed by atoms with Crippen molar-refractivity contribution in [3.05, 3.63) is 29.3 Å². The first-order valence-corrected chi connectivity index (χ1v) is 9.24. The van der Waals surface area contributed by atoms with E-state index in [-0.39, 0.29) is 5.54 Å². The summed E-state index contributed by atoms with van der Waals surface area (Å²) in [5.41, 5.74) is 1.34. The Morgan fingerprint density at radius 2 is 1.86 bits per heavy atom. The van der Waals surface area contributed by atoms with Crippen molar-refractivity contribution < 1.29 is 0 Å². The second-order valence-corrected chi connectivity index (χ2v) is 7.95. The van der Waals surface area contributed by atoms with Crippen molar-refractivity contribution in [2.45, 2.75) is 44.0 Å². The molecular formula is C16H23N3S2. The van der Waals surface area contributed by atoms with Crippen LogP contribution in [0.25, 0.3) is 10.6 Å². The molecule has 0 saturated carbocycles. The lowest BCUT2D eigenvalue weighted by atomic mass is 10.1. The molecule has 0 radical (unpaired) electrons. The number of nitrogens with one attached hydrogen (secondary N) is 1. The Morgan fingerprint density at radius 1 is 1.14 bits per heavy atom. The third-order valence-corrected chi connectivity index (χ3v) is 4.80. The normalized spacial score (nSPS) is 11.8. The molecule has 0 bridgehead atoms. The van der Waals surface area contributed by atoms with Crippen LogP contribution in [0.4, 0.5) is 0 Å². The van der Waals surface area contributed by atoms with E-state index in [0.29, 0.717) is 0 Å². The minimum Gasteiger partial charge on any atom is -0.312 e. The summed E-state index contributed by atoms with van der Waals surface area (Å²) in [5, 5.41) is 14.2. The highest BCUT2D eigenvalue weighted by molar-refractivity contribution is 7.98. The second kappa shape index (κ2) is 7.38. The zero-order valence-electron chi connectivity index (χ0n) is 13.1. The van der Waals surface area contributed by atoms with Gasteiger partial charge in [-0.05, 0) is 52.1 Å². The van der Waals surface area contributed by atoms with E-state index in [2.05, 4.69) is 66.8 Å². The number of hydrogen-bond donors (Lipinski definition) is 1. The summed E-state index contributed by atoms with van der Waals surface area (Å²) >= 11 is 3.45. The molecule has 2 rings (SSSR count). The molecule has 1 N–H and O–H groups in total. The molecule has 3 nitrogen and oxygen atoms in total. The number of thioether (sulfide) groups is 1. The van der Waals surface area contributed by atoms with Crippen molar-refractivity contribution >= 4 is 23.1 Å². The minimum absolute atomic E-state index is 0.186. The first-order chi connectivity index (χ1) is 9.98. The van der Waals surface area contributed by atoms with Crippen LogP contribution in [-0.4, -0.2) is 28.5 Å². The van der Waals surface area contributed by atoms with E-state index in [4.69, 9.17) is 0 Å².